The number of halogens is 2. The van der Waals surface area contributed by atoms with Crippen molar-refractivity contribution < 1.29 is 8.78 Å². The normalized spacial score (nSPS) is 15.0. The van der Waals surface area contributed by atoms with Gasteiger partial charge in [0.2, 0.25) is 0 Å². The van der Waals surface area contributed by atoms with E-state index in [1.165, 1.54) is 6.92 Å². The fourth-order valence-electron chi connectivity index (χ4n) is 3.72. The average Bonchev–Trinajstić information content (AvgIpc) is 2.75. The van der Waals surface area contributed by atoms with Crippen LogP contribution >= 0.6 is 0 Å². The number of fused-ring (bicyclic) bond motifs is 1. The summed E-state index contributed by atoms with van der Waals surface area (Å²) >= 11 is 0. The molecule has 0 amide bonds. The first-order valence-electron chi connectivity index (χ1n) is 9.59. The summed E-state index contributed by atoms with van der Waals surface area (Å²) in [7, 11) is 0. The molecule has 0 unspecified atom stereocenters. The Morgan fingerprint density at radius 2 is 1.97 bits per heavy atom. The van der Waals surface area contributed by atoms with E-state index in [4.69, 9.17) is 5.26 Å². The van der Waals surface area contributed by atoms with E-state index in [-0.39, 0.29) is 16.6 Å². The maximum absolute atomic E-state index is 13.4. The lowest BCUT2D eigenvalue weighted by Crippen LogP contribution is -2.46. The number of nitriles is 1. The highest BCUT2D eigenvalue weighted by Gasteiger charge is 2.21. The first-order chi connectivity index (χ1) is 14.5. The lowest BCUT2D eigenvalue weighted by Gasteiger charge is -2.35. The van der Waals surface area contributed by atoms with Gasteiger partial charge < -0.3 is 9.88 Å². The number of pyridine rings is 3. The predicted molar refractivity (Wildman–Crippen MR) is 108 cm³/mol. The number of hydrogen-bond acceptors (Lipinski definition) is 6. The minimum Gasteiger partial charge on any atom is -0.354 e. The first-order valence-corrected chi connectivity index (χ1v) is 9.59. The van der Waals surface area contributed by atoms with Gasteiger partial charge in [-0.25, -0.2) is 13.8 Å². The van der Waals surface area contributed by atoms with Gasteiger partial charge in [0.1, 0.15) is 11.9 Å². The van der Waals surface area contributed by atoms with Crippen LogP contribution in [0.25, 0.3) is 11.0 Å². The van der Waals surface area contributed by atoms with Gasteiger partial charge in [-0.3, -0.25) is 14.7 Å². The molecule has 0 spiro atoms. The second-order valence-corrected chi connectivity index (χ2v) is 7.31. The summed E-state index contributed by atoms with van der Waals surface area (Å²) in [6.45, 7) is 5.16. The average molecular weight is 410 g/mol. The number of piperazine rings is 1. The molecule has 0 aliphatic carbocycles. The SMILES string of the molecule is Cc1c(C(F)F)c2ncc(CN3CCN(c4ccc(C#N)cn4)CC3)cc2[nH]c1=O. The number of alkyl halides is 2. The second kappa shape index (κ2) is 8.16. The zero-order valence-electron chi connectivity index (χ0n) is 16.4. The Morgan fingerprint density at radius 3 is 2.60 bits per heavy atom. The summed E-state index contributed by atoms with van der Waals surface area (Å²) in [4.78, 5) is 27.6. The number of nitrogens with zero attached hydrogens (tertiary/aromatic N) is 5. The Labute approximate surface area is 171 Å². The van der Waals surface area contributed by atoms with Crippen molar-refractivity contribution >= 4 is 16.9 Å². The minimum atomic E-state index is -2.75. The molecule has 1 fully saturated rings. The molecule has 3 aromatic heterocycles. The van der Waals surface area contributed by atoms with E-state index < -0.39 is 12.0 Å². The Hall–Kier alpha value is -3.38. The number of anilines is 1. The van der Waals surface area contributed by atoms with Crippen LogP contribution in [0.1, 0.15) is 28.7 Å². The Morgan fingerprint density at radius 1 is 1.20 bits per heavy atom. The zero-order chi connectivity index (χ0) is 21.3. The van der Waals surface area contributed by atoms with Crippen LogP contribution < -0.4 is 10.5 Å². The van der Waals surface area contributed by atoms with Crippen LogP contribution in [0, 0.1) is 18.3 Å². The molecule has 4 rings (SSSR count). The number of rotatable bonds is 4. The summed E-state index contributed by atoms with van der Waals surface area (Å²) in [6.07, 6.45) is 0.413. The molecule has 0 atom stereocenters. The van der Waals surface area contributed by atoms with Gasteiger partial charge in [-0.05, 0) is 30.7 Å². The number of nitrogens with one attached hydrogen (secondary N) is 1. The molecule has 4 heterocycles. The van der Waals surface area contributed by atoms with E-state index in [0.717, 1.165) is 37.6 Å². The van der Waals surface area contributed by atoms with Crippen LogP contribution in [0.3, 0.4) is 0 Å². The molecule has 0 saturated carbocycles. The number of aromatic amines is 1. The summed E-state index contributed by atoms with van der Waals surface area (Å²) in [5.74, 6) is 0.841. The lowest BCUT2D eigenvalue weighted by molar-refractivity contribution is 0.152. The van der Waals surface area contributed by atoms with Crippen LogP contribution in [0.15, 0.2) is 35.4 Å². The maximum Gasteiger partial charge on any atom is 0.266 e. The Bertz CT molecular complexity index is 1160. The Kier molecular flexibility index (Phi) is 5.42. The molecule has 0 bridgehead atoms. The highest BCUT2D eigenvalue weighted by atomic mass is 19.3. The summed E-state index contributed by atoms with van der Waals surface area (Å²) in [6, 6.07) is 7.39. The molecule has 7 nitrogen and oxygen atoms in total. The van der Waals surface area contributed by atoms with Crippen molar-refractivity contribution in [3.8, 4) is 6.07 Å². The fourth-order valence-corrected chi connectivity index (χ4v) is 3.72. The quantitative estimate of drug-likeness (QED) is 0.712. The van der Waals surface area contributed by atoms with E-state index in [1.54, 1.807) is 24.5 Å². The fraction of sp³-hybridized carbons (Fsp3) is 0.333. The zero-order valence-corrected chi connectivity index (χ0v) is 16.4. The second-order valence-electron chi connectivity index (χ2n) is 7.31. The topological polar surface area (TPSA) is 88.9 Å². The van der Waals surface area contributed by atoms with Crippen molar-refractivity contribution in [2.45, 2.75) is 19.9 Å². The van der Waals surface area contributed by atoms with Crippen molar-refractivity contribution in [1.29, 1.82) is 5.26 Å². The van der Waals surface area contributed by atoms with Crippen LogP contribution in [0.2, 0.25) is 0 Å². The summed E-state index contributed by atoms with van der Waals surface area (Å²) in [5, 5.41) is 8.88. The molecule has 9 heteroatoms. The monoisotopic (exact) mass is 410 g/mol. The van der Waals surface area contributed by atoms with Crippen molar-refractivity contribution in [3.05, 3.63) is 63.2 Å². The number of hydrogen-bond donors (Lipinski definition) is 1. The largest absolute Gasteiger partial charge is 0.354 e. The third kappa shape index (κ3) is 3.86. The van der Waals surface area contributed by atoms with Gasteiger partial charge in [-0.1, -0.05) is 0 Å². The summed E-state index contributed by atoms with van der Waals surface area (Å²) < 4.78 is 26.8. The highest BCUT2D eigenvalue weighted by Crippen LogP contribution is 2.27. The lowest BCUT2D eigenvalue weighted by atomic mass is 10.1. The molecular formula is C21H20F2N6O. The highest BCUT2D eigenvalue weighted by molar-refractivity contribution is 5.79. The van der Waals surface area contributed by atoms with Crippen LogP contribution in [-0.4, -0.2) is 46.0 Å². The van der Waals surface area contributed by atoms with Crippen LogP contribution in [0.5, 0.6) is 0 Å². The van der Waals surface area contributed by atoms with Gasteiger partial charge in [0.25, 0.3) is 12.0 Å². The minimum absolute atomic E-state index is 0.00489. The van der Waals surface area contributed by atoms with Gasteiger partial charge in [0, 0.05) is 50.7 Å². The van der Waals surface area contributed by atoms with Crippen molar-refractivity contribution in [2.75, 3.05) is 31.1 Å². The van der Waals surface area contributed by atoms with E-state index >= 15 is 0 Å². The number of H-pyrrole nitrogens is 1. The molecule has 1 N–H and O–H groups in total. The van der Waals surface area contributed by atoms with E-state index in [1.807, 2.05) is 6.07 Å². The van der Waals surface area contributed by atoms with Crippen LogP contribution in [0.4, 0.5) is 14.6 Å². The first kappa shape index (κ1) is 19.9. The molecule has 30 heavy (non-hydrogen) atoms. The summed E-state index contributed by atoms with van der Waals surface area (Å²) in [5.41, 5.74) is 1.05. The Balaban J connectivity index is 1.47. The van der Waals surface area contributed by atoms with Gasteiger partial charge in [-0.2, -0.15) is 5.26 Å². The van der Waals surface area contributed by atoms with Gasteiger partial charge in [0.15, 0.2) is 0 Å². The molecule has 154 valence electrons. The van der Waals surface area contributed by atoms with Crippen molar-refractivity contribution in [1.82, 2.24) is 19.9 Å². The van der Waals surface area contributed by atoms with Gasteiger partial charge in [0.05, 0.1) is 22.2 Å². The van der Waals surface area contributed by atoms with E-state index in [9.17, 15) is 13.6 Å². The number of aromatic nitrogens is 3. The van der Waals surface area contributed by atoms with E-state index in [0.29, 0.717) is 17.6 Å². The molecule has 1 aliphatic rings. The van der Waals surface area contributed by atoms with Crippen molar-refractivity contribution in [3.63, 3.8) is 0 Å². The molecule has 3 aromatic rings. The third-order valence-electron chi connectivity index (χ3n) is 5.39. The van der Waals surface area contributed by atoms with Gasteiger partial charge in [-0.15, -0.1) is 0 Å². The van der Waals surface area contributed by atoms with E-state index in [2.05, 4.69) is 30.8 Å². The third-order valence-corrected chi connectivity index (χ3v) is 5.39. The van der Waals surface area contributed by atoms with Crippen molar-refractivity contribution in [2.24, 2.45) is 0 Å². The molecule has 1 aliphatic heterocycles. The molecule has 0 radical (unpaired) electrons. The molecule has 1 saturated heterocycles. The standard InChI is InChI=1S/C21H20F2N6O/c1-13-18(20(22)23)19-16(27-21(13)30)8-15(11-26-19)12-28-4-6-29(7-5-28)17-3-2-14(9-24)10-25-17/h2-3,8,10-11,20H,4-7,12H2,1H3,(H,27,30). The van der Waals surface area contributed by atoms with Gasteiger partial charge >= 0.3 is 0 Å². The molecular weight excluding hydrogens is 390 g/mol. The molecule has 0 aromatic carbocycles. The predicted octanol–water partition coefficient (Wildman–Crippen LogP) is 2.76. The van der Waals surface area contributed by atoms with Crippen LogP contribution in [-0.2, 0) is 6.54 Å². The smallest absolute Gasteiger partial charge is 0.266 e. The maximum atomic E-state index is 13.4.